The molecule has 1 rings (SSSR count). The molecule has 0 aliphatic heterocycles. The van der Waals surface area contributed by atoms with Gasteiger partial charge in [0, 0.05) is 0 Å². The van der Waals surface area contributed by atoms with Gasteiger partial charge in [-0.05, 0) is 32.9 Å². The van der Waals surface area contributed by atoms with Gasteiger partial charge in [0.15, 0.2) is 0 Å². The average Bonchev–Trinajstić information content (AvgIpc) is 2.08. The molecule has 1 aromatic rings. The molecule has 0 fully saturated rings. The van der Waals surface area contributed by atoms with Crippen LogP contribution in [-0.2, 0) is 16.0 Å². The highest BCUT2D eigenvalue weighted by molar-refractivity contribution is 6.32. The first-order valence-electron chi connectivity index (χ1n) is 4.81. The zero-order valence-electron chi connectivity index (χ0n) is 9.38. The highest BCUT2D eigenvalue weighted by Crippen LogP contribution is 2.18. The van der Waals surface area contributed by atoms with Crippen molar-refractivity contribution in [2.24, 2.45) is 0 Å². The minimum Gasteiger partial charge on any atom is -0.460 e. The summed E-state index contributed by atoms with van der Waals surface area (Å²) in [6, 6.07) is 3.18. The quantitative estimate of drug-likeness (QED) is 0.606. The molecule has 0 saturated carbocycles. The second-order valence-electron chi connectivity index (χ2n) is 4.33. The molecule has 0 aromatic carbocycles. The van der Waals surface area contributed by atoms with Crippen molar-refractivity contribution in [2.75, 3.05) is 0 Å². The maximum Gasteiger partial charge on any atom is 0.312 e. The molecule has 0 spiro atoms. The van der Waals surface area contributed by atoms with Gasteiger partial charge in [0.05, 0.1) is 17.1 Å². The molecule has 0 unspecified atom stereocenters. The Labute approximate surface area is 105 Å². The lowest BCUT2D eigenvalue weighted by molar-refractivity contribution is -0.153. The molecule has 1 heterocycles. The van der Waals surface area contributed by atoms with Crippen molar-refractivity contribution in [3.63, 3.8) is 0 Å². The maximum absolute atomic E-state index is 11.5. The minimum absolute atomic E-state index is 0.0245. The number of hydrogen-bond donors (Lipinski definition) is 0. The van der Waals surface area contributed by atoms with Gasteiger partial charge >= 0.3 is 5.97 Å². The summed E-state index contributed by atoms with van der Waals surface area (Å²) in [7, 11) is 0. The Morgan fingerprint density at radius 3 is 2.56 bits per heavy atom. The molecule has 5 heteroatoms. The largest absolute Gasteiger partial charge is 0.460 e. The van der Waals surface area contributed by atoms with Crippen LogP contribution in [0.15, 0.2) is 12.1 Å². The Kier molecular flexibility index (Phi) is 4.16. The van der Waals surface area contributed by atoms with Crippen LogP contribution in [0.3, 0.4) is 0 Å². The number of esters is 1. The van der Waals surface area contributed by atoms with Gasteiger partial charge in [-0.25, -0.2) is 4.98 Å². The number of nitrogens with zero attached hydrogens (tertiary/aromatic N) is 1. The number of carbonyl (C=O) groups excluding carboxylic acids is 1. The second kappa shape index (κ2) is 5.02. The fraction of sp³-hybridized carbons (Fsp3) is 0.455. The van der Waals surface area contributed by atoms with Gasteiger partial charge < -0.3 is 4.74 Å². The number of halogens is 2. The molecule has 0 aliphatic rings. The molecule has 1 aromatic heterocycles. The molecule has 16 heavy (non-hydrogen) atoms. The van der Waals surface area contributed by atoms with E-state index in [9.17, 15) is 4.79 Å². The number of hydrogen-bond acceptors (Lipinski definition) is 3. The van der Waals surface area contributed by atoms with Gasteiger partial charge in [0.1, 0.15) is 10.8 Å². The highest BCUT2D eigenvalue weighted by atomic mass is 35.5. The third kappa shape index (κ3) is 4.37. The molecule has 0 amide bonds. The zero-order chi connectivity index (χ0) is 12.3. The summed E-state index contributed by atoms with van der Waals surface area (Å²) in [5, 5.41) is 0.721. The van der Waals surface area contributed by atoms with E-state index >= 15 is 0 Å². The molecule has 0 saturated heterocycles. The van der Waals surface area contributed by atoms with Gasteiger partial charge in [-0.3, -0.25) is 4.79 Å². The van der Waals surface area contributed by atoms with Crippen LogP contribution >= 0.6 is 23.2 Å². The summed E-state index contributed by atoms with van der Waals surface area (Å²) in [5.74, 6) is -0.371. The van der Waals surface area contributed by atoms with E-state index in [1.807, 2.05) is 0 Å². The first-order valence-corrected chi connectivity index (χ1v) is 5.56. The average molecular weight is 262 g/mol. The number of rotatable bonds is 2. The van der Waals surface area contributed by atoms with E-state index in [0.717, 1.165) is 0 Å². The van der Waals surface area contributed by atoms with Crippen molar-refractivity contribution in [1.29, 1.82) is 0 Å². The van der Waals surface area contributed by atoms with Crippen LogP contribution in [0.1, 0.15) is 26.5 Å². The van der Waals surface area contributed by atoms with E-state index in [1.54, 1.807) is 32.9 Å². The van der Waals surface area contributed by atoms with E-state index in [4.69, 9.17) is 27.9 Å². The van der Waals surface area contributed by atoms with Crippen LogP contribution in [0.4, 0.5) is 0 Å². The van der Waals surface area contributed by atoms with Gasteiger partial charge in [-0.2, -0.15) is 0 Å². The Hall–Kier alpha value is -0.800. The van der Waals surface area contributed by atoms with Gasteiger partial charge in [0.2, 0.25) is 0 Å². The fourth-order valence-corrected chi connectivity index (χ4v) is 1.43. The zero-order valence-corrected chi connectivity index (χ0v) is 10.9. The first kappa shape index (κ1) is 13.3. The molecule has 0 aliphatic carbocycles. The lowest BCUT2D eigenvalue weighted by Gasteiger charge is -2.19. The Morgan fingerprint density at radius 1 is 1.38 bits per heavy atom. The van der Waals surface area contributed by atoms with Gasteiger partial charge in [-0.15, -0.1) is 0 Å². The van der Waals surface area contributed by atoms with Gasteiger partial charge in [-0.1, -0.05) is 23.2 Å². The number of carbonyl (C=O) groups is 1. The third-order valence-corrected chi connectivity index (χ3v) is 2.17. The van der Waals surface area contributed by atoms with Crippen LogP contribution in [0.5, 0.6) is 0 Å². The smallest absolute Gasteiger partial charge is 0.312 e. The Balaban J connectivity index is 2.73. The van der Waals surface area contributed by atoms with Crippen molar-refractivity contribution in [3.8, 4) is 0 Å². The topological polar surface area (TPSA) is 39.2 Å². The molecule has 0 radical (unpaired) electrons. The van der Waals surface area contributed by atoms with Crippen LogP contribution in [0, 0.1) is 0 Å². The van der Waals surface area contributed by atoms with Crippen molar-refractivity contribution in [1.82, 2.24) is 4.98 Å². The molecule has 0 N–H and O–H groups in total. The van der Waals surface area contributed by atoms with E-state index < -0.39 is 5.60 Å². The summed E-state index contributed by atoms with van der Waals surface area (Å²) in [4.78, 5) is 15.5. The number of pyridine rings is 1. The lowest BCUT2D eigenvalue weighted by atomic mass is 10.2. The minimum atomic E-state index is -0.512. The molecular weight excluding hydrogens is 249 g/mol. The lowest BCUT2D eigenvalue weighted by Crippen LogP contribution is -2.25. The van der Waals surface area contributed by atoms with E-state index in [1.165, 1.54) is 0 Å². The van der Waals surface area contributed by atoms with Crippen molar-refractivity contribution < 1.29 is 9.53 Å². The van der Waals surface area contributed by atoms with Crippen LogP contribution in [-0.4, -0.2) is 16.6 Å². The SMILES string of the molecule is CC(C)(C)OC(=O)Cc1nc(Cl)ccc1Cl. The van der Waals surface area contributed by atoms with Crippen molar-refractivity contribution in [2.45, 2.75) is 32.8 Å². The summed E-state index contributed by atoms with van der Waals surface area (Å²) < 4.78 is 5.16. The highest BCUT2D eigenvalue weighted by Gasteiger charge is 2.18. The molecule has 0 atom stereocenters. The predicted octanol–water partition coefficient (Wildman–Crippen LogP) is 3.27. The number of ether oxygens (including phenoxy) is 1. The number of aromatic nitrogens is 1. The van der Waals surface area contributed by atoms with E-state index in [-0.39, 0.29) is 12.4 Å². The summed E-state index contributed by atoms with van der Waals surface area (Å²) in [6.45, 7) is 5.41. The van der Waals surface area contributed by atoms with Crippen LogP contribution in [0.25, 0.3) is 0 Å². The Bertz CT molecular complexity index is 399. The summed E-state index contributed by atoms with van der Waals surface area (Å²) >= 11 is 11.6. The summed E-state index contributed by atoms with van der Waals surface area (Å²) in [6.07, 6.45) is 0.0245. The molecular formula is C11H13Cl2NO2. The molecule has 88 valence electrons. The predicted molar refractivity (Wildman–Crippen MR) is 63.8 cm³/mol. The standard InChI is InChI=1S/C11H13Cl2NO2/c1-11(2,3)16-10(15)6-8-7(12)4-5-9(13)14-8/h4-5H,6H2,1-3H3. The molecule has 3 nitrogen and oxygen atoms in total. The Morgan fingerprint density at radius 2 is 2.00 bits per heavy atom. The van der Waals surface area contributed by atoms with E-state index in [2.05, 4.69) is 4.98 Å². The van der Waals surface area contributed by atoms with Crippen LogP contribution in [0.2, 0.25) is 10.2 Å². The monoisotopic (exact) mass is 261 g/mol. The fourth-order valence-electron chi connectivity index (χ4n) is 1.10. The summed E-state index contributed by atoms with van der Waals surface area (Å²) in [5.41, 5.74) is -0.0781. The van der Waals surface area contributed by atoms with Crippen LogP contribution < -0.4 is 0 Å². The van der Waals surface area contributed by atoms with Crippen molar-refractivity contribution >= 4 is 29.2 Å². The second-order valence-corrected chi connectivity index (χ2v) is 5.12. The third-order valence-electron chi connectivity index (χ3n) is 1.62. The van der Waals surface area contributed by atoms with E-state index in [0.29, 0.717) is 15.9 Å². The maximum atomic E-state index is 11.5. The normalized spacial score (nSPS) is 11.3. The van der Waals surface area contributed by atoms with Gasteiger partial charge in [0.25, 0.3) is 0 Å². The molecule has 0 bridgehead atoms. The first-order chi connectivity index (χ1) is 7.28. The van der Waals surface area contributed by atoms with Crippen molar-refractivity contribution in [3.05, 3.63) is 28.0 Å².